The maximum atomic E-state index is 4.70. The Morgan fingerprint density at radius 3 is 3.19 bits per heavy atom. The molecule has 0 aromatic carbocycles. The molecule has 2 heterocycles. The van der Waals surface area contributed by atoms with Crippen molar-refractivity contribution in [1.82, 2.24) is 15.2 Å². The Balaban J connectivity index is 1.83. The predicted octanol–water partition coefficient (Wildman–Crippen LogP) is 1.40. The number of hydrogen-bond donors (Lipinski definition) is 1. The molecule has 3 nitrogen and oxygen atoms in total. The third-order valence-electron chi connectivity index (χ3n) is 3.18. The highest BCUT2D eigenvalue weighted by Gasteiger charge is 2.20. The molecule has 1 aliphatic rings. The fourth-order valence-corrected chi connectivity index (χ4v) is 3.19. The van der Waals surface area contributed by atoms with Gasteiger partial charge in [0.2, 0.25) is 0 Å². The molecule has 0 aliphatic carbocycles. The minimum atomic E-state index is 0.827. The quantitative estimate of drug-likeness (QED) is 0.842. The first-order chi connectivity index (χ1) is 7.78. The van der Waals surface area contributed by atoms with E-state index in [2.05, 4.69) is 22.6 Å². The third-order valence-corrected chi connectivity index (χ3v) is 4.10. The Labute approximate surface area is 102 Å². The number of nitrogens with zero attached hydrogens (tertiary/aromatic N) is 2. The zero-order valence-electron chi connectivity index (χ0n) is 10.2. The van der Waals surface area contributed by atoms with Gasteiger partial charge in [0.1, 0.15) is 0 Å². The summed E-state index contributed by atoms with van der Waals surface area (Å²) >= 11 is 1.83. The zero-order chi connectivity index (χ0) is 11.4. The second-order valence-electron chi connectivity index (χ2n) is 4.71. The standard InChI is InChI=1S/C12H21N3S/c1-13-5-3-11-9-16-12(14-11)7-10-4-6-15(2)8-10/h9-10,13H,3-8H2,1-2H3. The Hall–Kier alpha value is -0.450. The molecule has 16 heavy (non-hydrogen) atoms. The van der Waals surface area contributed by atoms with Crippen molar-refractivity contribution < 1.29 is 0 Å². The van der Waals surface area contributed by atoms with E-state index in [1.54, 1.807) is 0 Å². The highest BCUT2D eigenvalue weighted by molar-refractivity contribution is 7.09. The van der Waals surface area contributed by atoms with Gasteiger partial charge in [0.05, 0.1) is 10.7 Å². The summed E-state index contributed by atoms with van der Waals surface area (Å²) in [4.78, 5) is 7.11. The SMILES string of the molecule is CNCCc1csc(CC2CCN(C)C2)n1. The summed E-state index contributed by atoms with van der Waals surface area (Å²) in [5.41, 5.74) is 1.25. The Kier molecular flexibility index (Phi) is 4.32. The van der Waals surface area contributed by atoms with Gasteiger partial charge in [0, 0.05) is 31.3 Å². The first kappa shape index (κ1) is 12.0. The molecule has 0 bridgehead atoms. The number of aromatic nitrogens is 1. The van der Waals surface area contributed by atoms with Crippen molar-refractivity contribution >= 4 is 11.3 Å². The normalized spacial score (nSPS) is 21.8. The van der Waals surface area contributed by atoms with Gasteiger partial charge in [-0.1, -0.05) is 0 Å². The number of rotatable bonds is 5. The number of hydrogen-bond acceptors (Lipinski definition) is 4. The smallest absolute Gasteiger partial charge is 0.0931 e. The van der Waals surface area contributed by atoms with Crippen LogP contribution in [0.4, 0.5) is 0 Å². The number of thiazole rings is 1. The summed E-state index contributed by atoms with van der Waals surface area (Å²) in [6, 6.07) is 0. The van der Waals surface area contributed by atoms with Crippen LogP contribution in [-0.4, -0.2) is 43.6 Å². The highest BCUT2D eigenvalue weighted by atomic mass is 32.1. The van der Waals surface area contributed by atoms with Gasteiger partial charge in [-0.15, -0.1) is 11.3 Å². The van der Waals surface area contributed by atoms with E-state index in [4.69, 9.17) is 4.98 Å². The van der Waals surface area contributed by atoms with Crippen LogP contribution in [0.2, 0.25) is 0 Å². The molecule has 1 unspecified atom stereocenters. The lowest BCUT2D eigenvalue weighted by atomic mass is 10.1. The van der Waals surface area contributed by atoms with Gasteiger partial charge >= 0.3 is 0 Å². The van der Waals surface area contributed by atoms with E-state index in [0.29, 0.717) is 0 Å². The molecule has 0 amide bonds. The van der Waals surface area contributed by atoms with Crippen molar-refractivity contribution in [2.24, 2.45) is 5.92 Å². The number of nitrogens with one attached hydrogen (secondary N) is 1. The van der Waals surface area contributed by atoms with Crippen LogP contribution in [0, 0.1) is 5.92 Å². The molecule has 1 fully saturated rings. The van der Waals surface area contributed by atoms with Crippen molar-refractivity contribution in [2.75, 3.05) is 33.7 Å². The third kappa shape index (κ3) is 3.27. The van der Waals surface area contributed by atoms with Gasteiger partial charge in [-0.05, 0) is 33.0 Å². The molecule has 1 saturated heterocycles. The monoisotopic (exact) mass is 239 g/mol. The van der Waals surface area contributed by atoms with Crippen LogP contribution in [0.15, 0.2) is 5.38 Å². The molecule has 0 radical (unpaired) electrons. The Morgan fingerprint density at radius 2 is 2.50 bits per heavy atom. The molecule has 90 valence electrons. The summed E-state index contributed by atoms with van der Waals surface area (Å²) < 4.78 is 0. The summed E-state index contributed by atoms with van der Waals surface area (Å²) in [6.45, 7) is 3.52. The van der Waals surface area contributed by atoms with E-state index in [1.807, 2.05) is 18.4 Å². The van der Waals surface area contributed by atoms with Crippen LogP contribution in [0.1, 0.15) is 17.1 Å². The van der Waals surface area contributed by atoms with Crippen LogP contribution in [0.5, 0.6) is 0 Å². The fourth-order valence-electron chi connectivity index (χ4n) is 2.25. The number of likely N-dealkylation sites (N-methyl/N-ethyl adjacent to an activating group) is 1. The minimum Gasteiger partial charge on any atom is -0.319 e. The van der Waals surface area contributed by atoms with Crippen molar-refractivity contribution in [2.45, 2.75) is 19.3 Å². The molecule has 2 rings (SSSR count). The molecule has 1 N–H and O–H groups in total. The van der Waals surface area contributed by atoms with E-state index in [9.17, 15) is 0 Å². The topological polar surface area (TPSA) is 28.2 Å². The van der Waals surface area contributed by atoms with E-state index in [1.165, 1.54) is 36.6 Å². The van der Waals surface area contributed by atoms with E-state index >= 15 is 0 Å². The van der Waals surface area contributed by atoms with E-state index < -0.39 is 0 Å². The van der Waals surface area contributed by atoms with Crippen LogP contribution in [0.3, 0.4) is 0 Å². The second kappa shape index (κ2) is 5.75. The maximum absolute atomic E-state index is 4.70. The largest absolute Gasteiger partial charge is 0.319 e. The Bertz CT molecular complexity index is 324. The average Bonchev–Trinajstić information content (AvgIpc) is 2.86. The van der Waals surface area contributed by atoms with Crippen LogP contribution >= 0.6 is 11.3 Å². The average molecular weight is 239 g/mol. The molecule has 0 saturated carbocycles. The molecule has 4 heteroatoms. The molecule has 1 aromatic rings. The van der Waals surface area contributed by atoms with E-state index in [-0.39, 0.29) is 0 Å². The van der Waals surface area contributed by atoms with Crippen molar-refractivity contribution in [1.29, 1.82) is 0 Å². The zero-order valence-corrected chi connectivity index (χ0v) is 11.0. The summed E-state index contributed by atoms with van der Waals surface area (Å²) in [6.07, 6.45) is 3.56. The molecular weight excluding hydrogens is 218 g/mol. The lowest BCUT2D eigenvalue weighted by Crippen LogP contribution is -2.15. The molecular formula is C12H21N3S. The first-order valence-corrected chi connectivity index (χ1v) is 6.92. The van der Waals surface area contributed by atoms with Gasteiger partial charge < -0.3 is 10.2 Å². The molecule has 1 atom stereocenters. The molecule has 1 aliphatic heterocycles. The van der Waals surface area contributed by atoms with Gasteiger partial charge in [-0.3, -0.25) is 0 Å². The van der Waals surface area contributed by atoms with Gasteiger partial charge in [0.15, 0.2) is 0 Å². The minimum absolute atomic E-state index is 0.827. The van der Waals surface area contributed by atoms with Crippen molar-refractivity contribution in [3.63, 3.8) is 0 Å². The second-order valence-corrected chi connectivity index (χ2v) is 5.65. The van der Waals surface area contributed by atoms with Crippen LogP contribution < -0.4 is 5.32 Å². The summed E-state index contributed by atoms with van der Waals surface area (Å²) in [5, 5.41) is 6.70. The van der Waals surface area contributed by atoms with Crippen LogP contribution in [-0.2, 0) is 12.8 Å². The predicted molar refractivity (Wildman–Crippen MR) is 69.1 cm³/mol. The van der Waals surface area contributed by atoms with Gasteiger partial charge in [-0.2, -0.15) is 0 Å². The first-order valence-electron chi connectivity index (χ1n) is 6.04. The summed E-state index contributed by atoms with van der Waals surface area (Å²) in [5.74, 6) is 0.827. The van der Waals surface area contributed by atoms with E-state index in [0.717, 1.165) is 18.9 Å². The van der Waals surface area contributed by atoms with Crippen molar-refractivity contribution in [3.8, 4) is 0 Å². The lowest BCUT2D eigenvalue weighted by molar-refractivity contribution is 0.394. The maximum Gasteiger partial charge on any atom is 0.0931 e. The number of likely N-dealkylation sites (tertiary alicyclic amines) is 1. The van der Waals surface area contributed by atoms with Gasteiger partial charge in [-0.25, -0.2) is 4.98 Å². The van der Waals surface area contributed by atoms with Crippen molar-refractivity contribution in [3.05, 3.63) is 16.1 Å². The molecule has 0 spiro atoms. The fraction of sp³-hybridized carbons (Fsp3) is 0.750. The lowest BCUT2D eigenvalue weighted by Gasteiger charge is -2.07. The summed E-state index contributed by atoms with van der Waals surface area (Å²) in [7, 11) is 4.20. The highest BCUT2D eigenvalue weighted by Crippen LogP contribution is 2.21. The Morgan fingerprint density at radius 1 is 1.62 bits per heavy atom. The van der Waals surface area contributed by atoms with Crippen LogP contribution in [0.25, 0.3) is 0 Å². The van der Waals surface area contributed by atoms with Gasteiger partial charge in [0.25, 0.3) is 0 Å². The molecule has 1 aromatic heterocycles.